The van der Waals surface area contributed by atoms with E-state index < -0.39 is 0 Å². The van der Waals surface area contributed by atoms with Crippen molar-refractivity contribution in [3.05, 3.63) is 16.7 Å². The van der Waals surface area contributed by atoms with Crippen LogP contribution in [0.15, 0.2) is 11.1 Å². The summed E-state index contributed by atoms with van der Waals surface area (Å²) in [5, 5.41) is 6.28. The van der Waals surface area contributed by atoms with Gasteiger partial charge in [-0.1, -0.05) is 0 Å². The molecule has 0 saturated carbocycles. The maximum Gasteiger partial charge on any atom is 0.276 e. The monoisotopic (exact) mass is 253 g/mol. The lowest BCUT2D eigenvalue weighted by Gasteiger charge is -2.23. The zero-order valence-corrected chi connectivity index (χ0v) is 10.2. The highest BCUT2D eigenvalue weighted by molar-refractivity contribution is 5.58. The van der Waals surface area contributed by atoms with Crippen LogP contribution in [0.25, 0.3) is 0 Å². The molecular weight excluding hydrogens is 234 g/mol. The van der Waals surface area contributed by atoms with Crippen LogP contribution < -0.4 is 21.9 Å². The minimum atomic E-state index is -0.327. The third-order valence-corrected chi connectivity index (χ3v) is 2.92. The van der Waals surface area contributed by atoms with Gasteiger partial charge in [0.1, 0.15) is 5.69 Å². The van der Waals surface area contributed by atoms with Crippen molar-refractivity contribution in [1.82, 2.24) is 15.3 Å². The van der Waals surface area contributed by atoms with E-state index in [0.717, 1.165) is 25.9 Å². The summed E-state index contributed by atoms with van der Waals surface area (Å²) in [4.78, 5) is 17.6. The van der Waals surface area contributed by atoms with Crippen LogP contribution in [0.4, 0.5) is 11.5 Å². The molecule has 100 valence electrons. The molecule has 1 aromatic rings. The second-order valence-electron chi connectivity index (χ2n) is 4.24. The molecule has 1 aliphatic rings. The van der Waals surface area contributed by atoms with Gasteiger partial charge in [-0.2, -0.15) is 0 Å². The highest BCUT2D eigenvalue weighted by atomic mass is 16.5. The lowest BCUT2D eigenvalue weighted by atomic mass is 10.1. The quantitative estimate of drug-likeness (QED) is 0.529. The largest absolute Gasteiger partial charge is 0.391 e. The summed E-state index contributed by atoms with van der Waals surface area (Å²) in [5.74, 6) is 0.410. The number of hydrogen-bond donors (Lipinski definition) is 4. The van der Waals surface area contributed by atoms with Crippen LogP contribution >= 0.6 is 0 Å². The Kier molecular flexibility index (Phi) is 4.54. The molecular formula is C11H19N5O2. The van der Waals surface area contributed by atoms with E-state index in [1.165, 1.54) is 6.33 Å². The summed E-state index contributed by atoms with van der Waals surface area (Å²) in [6, 6.07) is 0. The minimum absolute atomic E-state index is 0.111. The van der Waals surface area contributed by atoms with Gasteiger partial charge in [0, 0.05) is 6.54 Å². The number of H-pyrrole nitrogens is 1. The number of nitrogens with one attached hydrogen (secondary N) is 3. The van der Waals surface area contributed by atoms with E-state index in [0.29, 0.717) is 25.1 Å². The molecule has 0 bridgehead atoms. The zero-order valence-electron chi connectivity index (χ0n) is 10.2. The Hall–Kier alpha value is -1.60. The minimum Gasteiger partial charge on any atom is -0.391 e. The van der Waals surface area contributed by atoms with E-state index in [1.54, 1.807) is 0 Å². The van der Waals surface area contributed by atoms with Crippen molar-refractivity contribution in [2.45, 2.75) is 18.9 Å². The van der Waals surface area contributed by atoms with Gasteiger partial charge in [0.15, 0.2) is 5.82 Å². The Morgan fingerprint density at radius 3 is 3.06 bits per heavy atom. The third kappa shape index (κ3) is 3.44. The fraction of sp³-hybridized carbons (Fsp3) is 0.636. The number of nitrogens with two attached hydrogens (primary N) is 1. The van der Waals surface area contributed by atoms with Gasteiger partial charge in [-0.3, -0.25) is 4.79 Å². The smallest absolute Gasteiger partial charge is 0.276 e. The summed E-state index contributed by atoms with van der Waals surface area (Å²) in [5.41, 5.74) is 5.37. The van der Waals surface area contributed by atoms with E-state index in [-0.39, 0.29) is 11.2 Å². The molecule has 0 unspecified atom stereocenters. The number of rotatable bonds is 5. The number of piperidine rings is 1. The molecule has 2 rings (SSSR count). The Morgan fingerprint density at radius 1 is 1.50 bits per heavy atom. The molecule has 1 saturated heterocycles. The molecule has 1 fully saturated rings. The van der Waals surface area contributed by atoms with Crippen molar-refractivity contribution >= 4 is 11.5 Å². The first-order valence-corrected chi connectivity index (χ1v) is 6.16. The molecule has 0 spiro atoms. The molecule has 1 aromatic heterocycles. The standard InChI is InChI=1S/C11H19N5O2/c12-9-10(15-7-16-11(9)17)14-5-6-18-8-1-3-13-4-2-8/h7-8,13H,1-6,12H2,(H2,14,15,16,17). The van der Waals surface area contributed by atoms with Crippen molar-refractivity contribution in [2.24, 2.45) is 0 Å². The van der Waals surface area contributed by atoms with Crippen LogP contribution in [-0.4, -0.2) is 42.3 Å². The highest BCUT2D eigenvalue weighted by Crippen LogP contribution is 2.08. The molecule has 0 aliphatic carbocycles. The Morgan fingerprint density at radius 2 is 2.28 bits per heavy atom. The van der Waals surface area contributed by atoms with Crippen molar-refractivity contribution in [3.8, 4) is 0 Å². The van der Waals surface area contributed by atoms with E-state index in [2.05, 4.69) is 20.6 Å². The van der Waals surface area contributed by atoms with Crippen LogP contribution in [0.2, 0.25) is 0 Å². The van der Waals surface area contributed by atoms with Gasteiger partial charge in [0.2, 0.25) is 0 Å². The molecule has 18 heavy (non-hydrogen) atoms. The van der Waals surface area contributed by atoms with Crippen molar-refractivity contribution in [2.75, 3.05) is 37.3 Å². The number of anilines is 2. The average Bonchev–Trinajstić information content (AvgIpc) is 2.40. The summed E-state index contributed by atoms with van der Waals surface area (Å²) < 4.78 is 5.72. The Balaban J connectivity index is 1.71. The fourth-order valence-corrected chi connectivity index (χ4v) is 1.91. The van der Waals surface area contributed by atoms with Gasteiger partial charge in [-0.05, 0) is 25.9 Å². The predicted molar refractivity (Wildman–Crippen MR) is 69.6 cm³/mol. The maximum atomic E-state index is 11.2. The molecule has 1 aliphatic heterocycles. The molecule has 5 N–H and O–H groups in total. The molecule has 7 heteroatoms. The highest BCUT2D eigenvalue weighted by Gasteiger charge is 2.12. The fourth-order valence-electron chi connectivity index (χ4n) is 1.91. The predicted octanol–water partition coefficient (Wildman–Crippen LogP) is -0.467. The normalized spacial score (nSPS) is 16.7. The number of hydrogen-bond acceptors (Lipinski definition) is 6. The Labute approximate surface area is 105 Å². The van der Waals surface area contributed by atoms with E-state index in [4.69, 9.17) is 10.5 Å². The van der Waals surface area contributed by atoms with Gasteiger partial charge in [0.25, 0.3) is 5.56 Å². The van der Waals surface area contributed by atoms with Gasteiger partial charge < -0.3 is 26.1 Å². The van der Waals surface area contributed by atoms with Crippen LogP contribution in [0.3, 0.4) is 0 Å². The van der Waals surface area contributed by atoms with E-state index >= 15 is 0 Å². The number of aromatic nitrogens is 2. The van der Waals surface area contributed by atoms with Gasteiger partial charge in [0.05, 0.1) is 19.0 Å². The first-order valence-electron chi connectivity index (χ1n) is 6.16. The second-order valence-corrected chi connectivity index (χ2v) is 4.24. The molecule has 0 aromatic carbocycles. The van der Waals surface area contributed by atoms with Crippen molar-refractivity contribution in [3.63, 3.8) is 0 Å². The van der Waals surface area contributed by atoms with Crippen molar-refractivity contribution in [1.29, 1.82) is 0 Å². The molecule has 0 atom stereocenters. The SMILES string of the molecule is Nc1c(NCCOC2CCNCC2)nc[nH]c1=O. The number of aromatic amines is 1. The van der Waals surface area contributed by atoms with Gasteiger partial charge in [-0.25, -0.2) is 4.98 Å². The van der Waals surface area contributed by atoms with E-state index in [1.807, 2.05) is 0 Å². The molecule has 0 amide bonds. The zero-order chi connectivity index (χ0) is 12.8. The van der Waals surface area contributed by atoms with E-state index in [9.17, 15) is 4.79 Å². The first-order chi connectivity index (χ1) is 8.77. The van der Waals surface area contributed by atoms with Crippen LogP contribution in [-0.2, 0) is 4.74 Å². The summed E-state index contributed by atoms with van der Waals surface area (Å²) in [6.45, 7) is 3.20. The number of nitrogens with zero attached hydrogens (tertiary/aromatic N) is 1. The molecule has 2 heterocycles. The average molecular weight is 253 g/mol. The molecule has 0 radical (unpaired) electrons. The number of ether oxygens (including phenoxy) is 1. The Bertz CT molecular complexity index is 428. The van der Waals surface area contributed by atoms with Crippen LogP contribution in [0.1, 0.15) is 12.8 Å². The summed E-state index contributed by atoms with van der Waals surface area (Å²) in [6.07, 6.45) is 3.75. The van der Waals surface area contributed by atoms with Crippen molar-refractivity contribution < 1.29 is 4.74 Å². The lowest BCUT2D eigenvalue weighted by molar-refractivity contribution is 0.0394. The topological polar surface area (TPSA) is 105 Å². The number of nitrogen functional groups attached to an aromatic ring is 1. The van der Waals surface area contributed by atoms with Gasteiger partial charge >= 0.3 is 0 Å². The maximum absolute atomic E-state index is 11.2. The van der Waals surface area contributed by atoms with Gasteiger partial charge in [-0.15, -0.1) is 0 Å². The summed E-state index contributed by atoms with van der Waals surface area (Å²) >= 11 is 0. The van der Waals surface area contributed by atoms with Crippen LogP contribution in [0.5, 0.6) is 0 Å². The lowest BCUT2D eigenvalue weighted by Crippen LogP contribution is -2.33. The first kappa shape index (κ1) is 12.8. The molecule has 7 nitrogen and oxygen atoms in total. The second kappa shape index (κ2) is 6.36. The third-order valence-electron chi connectivity index (χ3n) is 2.92. The van der Waals surface area contributed by atoms with Crippen LogP contribution in [0, 0.1) is 0 Å². The summed E-state index contributed by atoms with van der Waals surface area (Å²) in [7, 11) is 0.